The predicted molar refractivity (Wildman–Crippen MR) is 76.7 cm³/mol. The maximum Gasteiger partial charge on any atom is 0.253 e. The molecule has 0 aromatic carbocycles. The lowest BCUT2D eigenvalue weighted by Crippen LogP contribution is -2.06. The van der Waals surface area contributed by atoms with Crippen molar-refractivity contribution in [3.8, 4) is 5.95 Å². The number of rotatable bonds is 3. The molecule has 0 aliphatic heterocycles. The van der Waals surface area contributed by atoms with E-state index in [4.69, 9.17) is 5.73 Å². The van der Waals surface area contributed by atoms with E-state index in [-0.39, 0.29) is 0 Å². The summed E-state index contributed by atoms with van der Waals surface area (Å²) in [5.74, 6) is 1.07. The zero-order chi connectivity index (χ0) is 14.3. The number of H-pyrrole nitrogens is 1. The van der Waals surface area contributed by atoms with Gasteiger partial charge >= 0.3 is 0 Å². The summed E-state index contributed by atoms with van der Waals surface area (Å²) in [6.07, 6.45) is 1.84. The van der Waals surface area contributed by atoms with Gasteiger partial charge in [0.1, 0.15) is 5.82 Å². The fourth-order valence-corrected chi connectivity index (χ4v) is 2.35. The van der Waals surface area contributed by atoms with Crippen LogP contribution in [-0.2, 0) is 6.42 Å². The number of anilines is 1. The zero-order valence-corrected chi connectivity index (χ0v) is 11.8. The van der Waals surface area contributed by atoms with E-state index >= 15 is 0 Å². The van der Waals surface area contributed by atoms with Crippen LogP contribution in [0.2, 0.25) is 0 Å². The molecule has 0 aliphatic carbocycles. The second-order valence-corrected chi connectivity index (χ2v) is 4.90. The molecule has 0 unspecified atom stereocenters. The normalized spacial score (nSPS) is 11.3. The zero-order valence-electron chi connectivity index (χ0n) is 11.8. The van der Waals surface area contributed by atoms with Gasteiger partial charge in [-0.3, -0.25) is 5.10 Å². The molecule has 104 valence electrons. The number of aromatic amines is 1. The standard InChI is InChI=1S/C13H17N7/c1-4-5-9-10-11(14)17-18-12(10)20(19-9)13-15-7(2)6-8(3)16-13/h6H,4-5H2,1-3H3,(H3,14,17,18). The average molecular weight is 271 g/mol. The molecule has 0 amide bonds. The average Bonchev–Trinajstić information content (AvgIpc) is 2.91. The maximum atomic E-state index is 5.95. The summed E-state index contributed by atoms with van der Waals surface area (Å²) in [5.41, 5.74) is 9.35. The summed E-state index contributed by atoms with van der Waals surface area (Å²) in [5, 5.41) is 12.5. The van der Waals surface area contributed by atoms with Crippen molar-refractivity contribution in [2.45, 2.75) is 33.6 Å². The third-order valence-corrected chi connectivity index (χ3v) is 3.13. The number of hydrogen-bond donors (Lipinski definition) is 2. The molecule has 0 radical (unpaired) electrons. The lowest BCUT2D eigenvalue weighted by molar-refractivity contribution is 0.765. The minimum absolute atomic E-state index is 0.529. The second kappa shape index (κ2) is 4.59. The molecule has 0 fully saturated rings. The first-order valence-corrected chi connectivity index (χ1v) is 6.64. The molecule has 20 heavy (non-hydrogen) atoms. The highest BCUT2D eigenvalue weighted by atomic mass is 15.4. The van der Waals surface area contributed by atoms with Crippen molar-refractivity contribution in [2.75, 3.05) is 5.73 Å². The van der Waals surface area contributed by atoms with Crippen LogP contribution in [0.3, 0.4) is 0 Å². The molecule has 0 atom stereocenters. The summed E-state index contributed by atoms with van der Waals surface area (Å²) in [4.78, 5) is 8.86. The van der Waals surface area contributed by atoms with Crippen LogP contribution < -0.4 is 5.73 Å². The molecule has 0 bridgehead atoms. The third kappa shape index (κ3) is 1.91. The fraction of sp³-hybridized carbons (Fsp3) is 0.385. The number of nitrogens with one attached hydrogen (secondary N) is 1. The SMILES string of the molecule is CCCc1nn(-c2nc(C)cc(C)n2)c2n[nH]c(N)c12. The maximum absolute atomic E-state index is 5.95. The molecule has 0 aliphatic rings. The van der Waals surface area contributed by atoms with Gasteiger partial charge in [0.2, 0.25) is 0 Å². The molecular formula is C13H17N7. The topological polar surface area (TPSA) is 98.3 Å². The third-order valence-electron chi connectivity index (χ3n) is 3.13. The highest BCUT2D eigenvalue weighted by Crippen LogP contribution is 2.24. The molecule has 3 heterocycles. The Morgan fingerprint density at radius 2 is 1.95 bits per heavy atom. The Morgan fingerprint density at radius 1 is 1.25 bits per heavy atom. The molecular weight excluding hydrogens is 254 g/mol. The van der Waals surface area contributed by atoms with Crippen LogP contribution in [0.25, 0.3) is 17.0 Å². The van der Waals surface area contributed by atoms with Crippen molar-refractivity contribution in [1.29, 1.82) is 0 Å². The predicted octanol–water partition coefficient (Wildman–Crippen LogP) is 1.69. The molecule has 0 spiro atoms. The van der Waals surface area contributed by atoms with Gasteiger partial charge in [-0.1, -0.05) is 13.3 Å². The minimum atomic E-state index is 0.529. The summed E-state index contributed by atoms with van der Waals surface area (Å²) < 4.78 is 1.66. The Hall–Kier alpha value is -2.44. The van der Waals surface area contributed by atoms with Gasteiger partial charge in [0.15, 0.2) is 5.65 Å². The van der Waals surface area contributed by atoms with E-state index in [0.29, 0.717) is 17.4 Å². The number of aromatic nitrogens is 6. The molecule has 3 aromatic rings. The van der Waals surface area contributed by atoms with E-state index in [1.54, 1.807) is 4.68 Å². The van der Waals surface area contributed by atoms with Gasteiger partial charge in [-0.2, -0.15) is 14.9 Å². The number of fused-ring (bicyclic) bond motifs is 1. The molecule has 0 saturated heterocycles. The Bertz CT molecular complexity index is 748. The van der Waals surface area contributed by atoms with Crippen LogP contribution >= 0.6 is 0 Å². The molecule has 3 rings (SSSR count). The Labute approximate surface area is 116 Å². The largest absolute Gasteiger partial charge is 0.383 e. The number of hydrogen-bond acceptors (Lipinski definition) is 5. The van der Waals surface area contributed by atoms with Gasteiger partial charge < -0.3 is 5.73 Å². The smallest absolute Gasteiger partial charge is 0.253 e. The van der Waals surface area contributed by atoms with Crippen molar-refractivity contribution in [2.24, 2.45) is 0 Å². The number of aryl methyl sites for hydroxylation is 3. The van der Waals surface area contributed by atoms with E-state index in [1.165, 1.54) is 0 Å². The van der Waals surface area contributed by atoms with Crippen molar-refractivity contribution in [1.82, 2.24) is 29.9 Å². The van der Waals surface area contributed by atoms with Crippen LogP contribution in [0.1, 0.15) is 30.4 Å². The molecule has 0 saturated carbocycles. The number of nitrogens with two attached hydrogens (primary N) is 1. The summed E-state index contributed by atoms with van der Waals surface area (Å²) in [6.45, 7) is 5.98. The monoisotopic (exact) mass is 271 g/mol. The molecule has 7 heteroatoms. The van der Waals surface area contributed by atoms with Gasteiger partial charge in [-0.25, -0.2) is 9.97 Å². The van der Waals surface area contributed by atoms with Gasteiger partial charge in [0.05, 0.1) is 11.1 Å². The van der Waals surface area contributed by atoms with Crippen molar-refractivity contribution in [3.63, 3.8) is 0 Å². The van der Waals surface area contributed by atoms with E-state index in [0.717, 1.165) is 35.3 Å². The van der Waals surface area contributed by atoms with Crippen LogP contribution in [0, 0.1) is 13.8 Å². The van der Waals surface area contributed by atoms with Crippen LogP contribution in [0.4, 0.5) is 5.82 Å². The van der Waals surface area contributed by atoms with Crippen LogP contribution in [0.5, 0.6) is 0 Å². The van der Waals surface area contributed by atoms with Crippen molar-refractivity contribution in [3.05, 3.63) is 23.1 Å². The second-order valence-electron chi connectivity index (χ2n) is 4.90. The quantitative estimate of drug-likeness (QED) is 0.755. The van der Waals surface area contributed by atoms with Gasteiger partial charge in [-0.05, 0) is 26.3 Å². The lowest BCUT2D eigenvalue weighted by Gasteiger charge is -2.02. The number of nitrogens with zero attached hydrogens (tertiary/aromatic N) is 5. The van der Waals surface area contributed by atoms with Crippen molar-refractivity contribution >= 4 is 16.9 Å². The summed E-state index contributed by atoms with van der Waals surface area (Å²) in [6, 6.07) is 1.93. The van der Waals surface area contributed by atoms with Crippen LogP contribution in [0.15, 0.2) is 6.07 Å². The highest BCUT2D eigenvalue weighted by Gasteiger charge is 2.18. The van der Waals surface area contributed by atoms with Crippen molar-refractivity contribution < 1.29 is 0 Å². The molecule has 7 nitrogen and oxygen atoms in total. The Balaban J connectivity index is 2.25. The first-order valence-electron chi connectivity index (χ1n) is 6.64. The Kier molecular flexibility index (Phi) is 2.89. The summed E-state index contributed by atoms with van der Waals surface area (Å²) in [7, 11) is 0. The van der Waals surface area contributed by atoms with E-state index < -0.39 is 0 Å². The highest BCUT2D eigenvalue weighted by molar-refractivity contribution is 5.89. The summed E-state index contributed by atoms with van der Waals surface area (Å²) >= 11 is 0. The Morgan fingerprint density at radius 3 is 2.60 bits per heavy atom. The van der Waals surface area contributed by atoms with Gasteiger partial charge in [-0.15, -0.1) is 0 Å². The van der Waals surface area contributed by atoms with E-state index in [9.17, 15) is 0 Å². The fourth-order valence-electron chi connectivity index (χ4n) is 2.35. The number of nitrogen functional groups attached to an aromatic ring is 1. The van der Waals surface area contributed by atoms with Gasteiger partial charge in [0, 0.05) is 11.4 Å². The molecule has 3 N–H and O–H groups in total. The van der Waals surface area contributed by atoms with Crippen LogP contribution in [-0.4, -0.2) is 29.9 Å². The molecule has 3 aromatic heterocycles. The minimum Gasteiger partial charge on any atom is -0.383 e. The van der Waals surface area contributed by atoms with E-state index in [2.05, 4.69) is 32.2 Å². The first kappa shape index (κ1) is 12.6. The van der Waals surface area contributed by atoms with Gasteiger partial charge in [0.25, 0.3) is 5.95 Å². The lowest BCUT2D eigenvalue weighted by atomic mass is 10.2. The first-order chi connectivity index (χ1) is 9.60. The van der Waals surface area contributed by atoms with E-state index in [1.807, 2.05) is 19.9 Å².